The average Bonchev–Trinajstić information content (AvgIpc) is 2.96. The van der Waals surface area contributed by atoms with Gasteiger partial charge in [-0.25, -0.2) is 22.0 Å². The highest BCUT2D eigenvalue weighted by Gasteiger charge is 2.23. The van der Waals surface area contributed by atoms with Crippen LogP contribution in [-0.2, 0) is 26.3 Å². The molecule has 0 amide bonds. The number of benzene rings is 1. The molecule has 0 radical (unpaired) electrons. The van der Waals surface area contributed by atoms with Crippen LogP contribution in [0.25, 0.3) is 0 Å². The Bertz CT molecular complexity index is 953. The van der Waals surface area contributed by atoms with Crippen molar-refractivity contribution in [1.29, 1.82) is 0 Å². The van der Waals surface area contributed by atoms with Crippen molar-refractivity contribution in [2.45, 2.75) is 19.7 Å². The van der Waals surface area contributed by atoms with Crippen molar-refractivity contribution in [2.24, 2.45) is 5.14 Å². The standard InChI is InChI=1S/C14H18N2O5S3.ClH/c1-16(2)8-7-10-9-11(3-4-12(10)17)23(18,19)13-5-6-14(22-13)24(15,20)21;/h3-6,9,17H,7-8H2,1-2H3,(H2,15,20,21);1H. The number of hydrogen-bond donors (Lipinski definition) is 2. The minimum absolute atomic E-state index is 0. The van der Waals surface area contributed by atoms with Crippen LogP contribution < -0.4 is 5.14 Å². The highest BCUT2D eigenvalue weighted by atomic mass is 35.5. The number of thiophene rings is 1. The van der Waals surface area contributed by atoms with Gasteiger partial charge in [-0.3, -0.25) is 0 Å². The summed E-state index contributed by atoms with van der Waals surface area (Å²) in [7, 11) is -4.09. The number of likely N-dealkylation sites (N-methyl/N-ethyl adjacent to an activating group) is 1. The first-order valence-corrected chi connectivity index (χ1v) is 10.7. The van der Waals surface area contributed by atoms with E-state index in [4.69, 9.17) is 5.14 Å². The zero-order chi connectivity index (χ0) is 18.1. The Hall–Kier alpha value is -1.17. The molecule has 1 heterocycles. The maximum Gasteiger partial charge on any atom is 0.247 e. The average molecular weight is 427 g/mol. The number of phenols is 1. The second-order valence-electron chi connectivity index (χ2n) is 5.47. The van der Waals surface area contributed by atoms with Gasteiger partial charge in [-0.2, -0.15) is 0 Å². The third kappa shape index (κ3) is 5.16. The molecule has 1 aromatic carbocycles. The van der Waals surface area contributed by atoms with Crippen LogP contribution in [-0.4, -0.2) is 47.5 Å². The molecule has 0 aliphatic heterocycles. The lowest BCUT2D eigenvalue weighted by atomic mass is 10.1. The van der Waals surface area contributed by atoms with Crippen LogP contribution >= 0.6 is 23.7 Å². The Balaban J connectivity index is 0.00000312. The molecule has 1 aromatic heterocycles. The Labute approximate surface area is 157 Å². The number of sulfonamides is 1. The first kappa shape index (κ1) is 21.9. The molecule has 0 bridgehead atoms. The van der Waals surface area contributed by atoms with E-state index in [1.54, 1.807) is 0 Å². The molecule has 11 heteroatoms. The van der Waals surface area contributed by atoms with E-state index in [9.17, 15) is 21.9 Å². The van der Waals surface area contributed by atoms with E-state index < -0.39 is 19.9 Å². The number of rotatable bonds is 6. The van der Waals surface area contributed by atoms with Crippen LogP contribution in [0.5, 0.6) is 5.75 Å². The molecule has 0 atom stereocenters. The zero-order valence-electron chi connectivity index (χ0n) is 13.5. The number of nitrogens with two attached hydrogens (primary N) is 1. The second kappa shape index (κ2) is 8.02. The molecular weight excluding hydrogens is 408 g/mol. The number of phenolic OH excluding ortho intramolecular Hbond substituents is 1. The molecule has 2 aromatic rings. The Morgan fingerprint density at radius 1 is 1.08 bits per heavy atom. The van der Waals surface area contributed by atoms with E-state index in [1.165, 1.54) is 30.3 Å². The van der Waals surface area contributed by atoms with Crippen LogP contribution in [0.1, 0.15) is 5.56 Å². The summed E-state index contributed by atoms with van der Waals surface area (Å²) in [5.41, 5.74) is 0.507. The molecular formula is C14H19ClN2O5S3. The summed E-state index contributed by atoms with van der Waals surface area (Å²) >= 11 is 0.598. The van der Waals surface area contributed by atoms with Crippen LogP contribution in [0.4, 0.5) is 0 Å². The fraction of sp³-hybridized carbons (Fsp3) is 0.286. The summed E-state index contributed by atoms with van der Waals surface area (Å²) in [6.45, 7) is 0.644. The summed E-state index contributed by atoms with van der Waals surface area (Å²) in [6.07, 6.45) is 0.481. The van der Waals surface area contributed by atoms with E-state index in [0.29, 0.717) is 29.9 Å². The van der Waals surface area contributed by atoms with Gasteiger partial charge in [-0.1, -0.05) is 0 Å². The number of aromatic hydroxyl groups is 1. The molecule has 0 aliphatic rings. The fourth-order valence-electron chi connectivity index (χ4n) is 1.99. The third-order valence-electron chi connectivity index (χ3n) is 3.29. The lowest BCUT2D eigenvalue weighted by Gasteiger charge is -2.11. The van der Waals surface area contributed by atoms with Crippen molar-refractivity contribution in [3.8, 4) is 5.75 Å². The van der Waals surface area contributed by atoms with Crippen molar-refractivity contribution >= 4 is 43.6 Å². The second-order valence-corrected chi connectivity index (χ2v) is 10.5. The number of hydrogen-bond acceptors (Lipinski definition) is 7. The number of sulfone groups is 1. The quantitative estimate of drug-likeness (QED) is 0.721. The summed E-state index contributed by atoms with van der Waals surface area (Å²) in [6, 6.07) is 6.41. The topological polar surface area (TPSA) is 118 Å². The van der Waals surface area contributed by atoms with Crippen LogP contribution in [0.3, 0.4) is 0 Å². The van der Waals surface area contributed by atoms with Crippen LogP contribution in [0.2, 0.25) is 0 Å². The van der Waals surface area contributed by atoms with Crippen molar-refractivity contribution in [3.05, 3.63) is 35.9 Å². The van der Waals surface area contributed by atoms with Gasteiger partial charge in [0.2, 0.25) is 19.9 Å². The lowest BCUT2D eigenvalue weighted by molar-refractivity contribution is 0.406. The van der Waals surface area contributed by atoms with Gasteiger partial charge in [0.05, 0.1) is 4.90 Å². The molecule has 0 aliphatic carbocycles. The van der Waals surface area contributed by atoms with Gasteiger partial charge in [-0.15, -0.1) is 23.7 Å². The van der Waals surface area contributed by atoms with Gasteiger partial charge in [0.15, 0.2) is 0 Å². The highest BCUT2D eigenvalue weighted by Crippen LogP contribution is 2.31. The maximum absolute atomic E-state index is 12.7. The van der Waals surface area contributed by atoms with Gasteiger partial charge in [-0.05, 0) is 56.4 Å². The van der Waals surface area contributed by atoms with Crippen molar-refractivity contribution in [1.82, 2.24) is 4.90 Å². The van der Waals surface area contributed by atoms with Crippen LogP contribution in [0, 0.1) is 0 Å². The summed E-state index contributed by atoms with van der Waals surface area (Å²) < 4.78 is 47.6. The van der Waals surface area contributed by atoms with Crippen molar-refractivity contribution < 1.29 is 21.9 Å². The van der Waals surface area contributed by atoms with Gasteiger partial charge >= 0.3 is 0 Å². The Morgan fingerprint density at radius 3 is 2.20 bits per heavy atom. The molecule has 7 nitrogen and oxygen atoms in total. The number of nitrogens with zero attached hydrogens (tertiary/aromatic N) is 1. The van der Waals surface area contributed by atoms with Crippen molar-refractivity contribution in [2.75, 3.05) is 20.6 Å². The van der Waals surface area contributed by atoms with E-state index in [2.05, 4.69) is 0 Å². The van der Waals surface area contributed by atoms with E-state index in [-0.39, 0.29) is 31.5 Å². The van der Waals surface area contributed by atoms with Gasteiger partial charge < -0.3 is 10.0 Å². The minimum atomic E-state index is -3.95. The van der Waals surface area contributed by atoms with Gasteiger partial charge in [0.25, 0.3) is 0 Å². The summed E-state index contributed by atoms with van der Waals surface area (Å²) in [5.74, 6) is 0.0206. The normalized spacial score (nSPS) is 12.2. The SMILES string of the molecule is CN(C)CCc1cc(S(=O)(=O)c2ccc(S(N)(=O)=O)s2)ccc1O.Cl. The highest BCUT2D eigenvalue weighted by molar-refractivity contribution is 7.95. The summed E-state index contributed by atoms with van der Waals surface area (Å²) in [4.78, 5) is 1.91. The van der Waals surface area contributed by atoms with Gasteiger partial charge in [0, 0.05) is 6.54 Å². The number of halogens is 1. The molecule has 0 unspecified atom stereocenters. The summed E-state index contributed by atoms with van der Waals surface area (Å²) in [5, 5.41) is 14.9. The molecule has 3 N–H and O–H groups in total. The zero-order valence-corrected chi connectivity index (χ0v) is 16.8. The molecule has 0 fully saturated rings. The third-order valence-corrected chi connectivity index (χ3v) is 8.06. The molecule has 0 spiro atoms. The largest absolute Gasteiger partial charge is 0.508 e. The van der Waals surface area contributed by atoms with Crippen LogP contribution in [0.15, 0.2) is 43.6 Å². The van der Waals surface area contributed by atoms with E-state index in [1.807, 2.05) is 19.0 Å². The predicted molar refractivity (Wildman–Crippen MR) is 98.8 cm³/mol. The van der Waals surface area contributed by atoms with Gasteiger partial charge in [0.1, 0.15) is 14.2 Å². The molecule has 140 valence electrons. The predicted octanol–water partition coefficient (Wildman–Crippen LogP) is 1.46. The van der Waals surface area contributed by atoms with Crippen molar-refractivity contribution in [3.63, 3.8) is 0 Å². The molecule has 0 saturated carbocycles. The molecule has 2 rings (SSSR count). The maximum atomic E-state index is 12.7. The fourth-order valence-corrected chi connectivity index (χ4v) is 5.63. The Kier molecular flexibility index (Phi) is 7.02. The smallest absolute Gasteiger partial charge is 0.247 e. The van der Waals surface area contributed by atoms with E-state index >= 15 is 0 Å². The molecule has 0 saturated heterocycles. The number of primary sulfonamides is 1. The monoisotopic (exact) mass is 426 g/mol. The first-order chi connectivity index (χ1) is 11.0. The Morgan fingerprint density at radius 2 is 1.68 bits per heavy atom. The first-order valence-electron chi connectivity index (χ1n) is 6.86. The molecule has 25 heavy (non-hydrogen) atoms. The van der Waals surface area contributed by atoms with E-state index in [0.717, 1.165) is 0 Å². The lowest BCUT2D eigenvalue weighted by Crippen LogP contribution is -2.15. The minimum Gasteiger partial charge on any atom is -0.508 e.